The van der Waals surface area contributed by atoms with Crippen molar-refractivity contribution in [3.63, 3.8) is 0 Å². The molecule has 1 nitrogen and oxygen atoms in total. The van der Waals surface area contributed by atoms with E-state index >= 15 is 0 Å². The van der Waals surface area contributed by atoms with Crippen LogP contribution in [0.15, 0.2) is 22.7 Å². The van der Waals surface area contributed by atoms with Crippen LogP contribution in [0.5, 0.6) is 0 Å². The van der Waals surface area contributed by atoms with Crippen LogP contribution in [0, 0.1) is 3.57 Å². The molecule has 0 aliphatic heterocycles. The Bertz CT molecular complexity index is 250. The molecule has 3 heteroatoms. The van der Waals surface area contributed by atoms with E-state index in [1.54, 1.807) is 0 Å². The summed E-state index contributed by atoms with van der Waals surface area (Å²) in [5, 5.41) is 3.11. The van der Waals surface area contributed by atoms with Gasteiger partial charge in [0, 0.05) is 14.6 Å². The van der Waals surface area contributed by atoms with Gasteiger partial charge >= 0.3 is 0 Å². The van der Waals surface area contributed by atoms with E-state index in [9.17, 15) is 0 Å². The lowest BCUT2D eigenvalue weighted by Crippen LogP contribution is -2.05. The predicted molar refractivity (Wildman–Crippen MR) is 59.6 cm³/mol. The van der Waals surface area contributed by atoms with Gasteiger partial charge < -0.3 is 5.32 Å². The van der Waals surface area contributed by atoms with Crippen molar-refractivity contribution in [2.24, 2.45) is 0 Å². The van der Waals surface area contributed by atoms with Crippen LogP contribution in [0.4, 0.5) is 0 Å². The third-order valence-electron chi connectivity index (χ3n) is 1.38. The van der Waals surface area contributed by atoms with Crippen molar-refractivity contribution in [1.82, 2.24) is 5.32 Å². The first kappa shape index (κ1) is 9.48. The van der Waals surface area contributed by atoms with Gasteiger partial charge in [0.05, 0.1) is 0 Å². The zero-order valence-electron chi connectivity index (χ0n) is 6.20. The van der Waals surface area contributed by atoms with Gasteiger partial charge in [-0.05, 0) is 47.3 Å². The molecular weight excluding hydrogens is 317 g/mol. The van der Waals surface area contributed by atoms with Gasteiger partial charge in [0.1, 0.15) is 0 Å². The Kier molecular flexibility index (Phi) is 3.81. The van der Waals surface area contributed by atoms with Crippen molar-refractivity contribution in [3.05, 3.63) is 31.8 Å². The highest BCUT2D eigenvalue weighted by atomic mass is 127. The van der Waals surface area contributed by atoms with Gasteiger partial charge in [-0.15, -0.1) is 0 Å². The zero-order valence-corrected chi connectivity index (χ0v) is 9.94. The summed E-state index contributed by atoms with van der Waals surface area (Å²) in [6.07, 6.45) is 0. The molecule has 1 aromatic rings. The lowest BCUT2D eigenvalue weighted by Gasteiger charge is -2.02. The lowest BCUT2D eigenvalue weighted by atomic mass is 10.2. The Morgan fingerprint density at radius 2 is 2.27 bits per heavy atom. The summed E-state index contributed by atoms with van der Waals surface area (Å²) in [5.41, 5.74) is 1.30. The minimum Gasteiger partial charge on any atom is -0.316 e. The summed E-state index contributed by atoms with van der Waals surface area (Å²) in [6, 6.07) is 6.35. The van der Waals surface area contributed by atoms with Crippen LogP contribution in [0.1, 0.15) is 5.56 Å². The second kappa shape index (κ2) is 4.42. The average molecular weight is 326 g/mol. The predicted octanol–water partition coefficient (Wildman–Crippen LogP) is 2.77. The molecule has 60 valence electrons. The fourth-order valence-corrected chi connectivity index (χ4v) is 2.29. The van der Waals surface area contributed by atoms with Crippen molar-refractivity contribution in [3.8, 4) is 0 Å². The van der Waals surface area contributed by atoms with Gasteiger partial charge in [0.15, 0.2) is 0 Å². The van der Waals surface area contributed by atoms with E-state index in [2.05, 4.69) is 62.0 Å². The van der Waals surface area contributed by atoms with E-state index in [4.69, 9.17) is 0 Å². The first-order valence-corrected chi connectivity index (χ1v) is 5.19. The maximum atomic E-state index is 3.50. The van der Waals surface area contributed by atoms with E-state index in [0.29, 0.717) is 0 Å². The van der Waals surface area contributed by atoms with Crippen LogP contribution in [0.25, 0.3) is 0 Å². The Morgan fingerprint density at radius 3 is 2.82 bits per heavy atom. The molecule has 0 aliphatic carbocycles. The maximum Gasteiger partial charge on any atom is 0.0230 e. The smallest absolute Gasteiger partial charge is 0.0230 e. The third-order valence-corrected chi connectivity index (χ3v) is 2.79. The van der Waals surface area contributed by atoms with E-state index in [1.165, 1.54) is 13.6 Å². The molecule has 1 N–H and O–H groups in total. The summed E-state index contributed by atoms with van der Waals surface area (Å²) in [7, 11) is 1.95. The zero-order chi connectivity index (χ0) is 8.27. The Balaban J connectivity index is 2.90. The first-order chi connectivity index (χ1) is 5.24. The van der Waals surface area contributed by atoms with Crippen molar-refractivity contribution >= 4 is 38.5 Å². The average Bonchev–Trinajstić information content (AvgIpc) is 1.95. The molecular formula is C8H9BrIN. The molecule has 11 heavy (non-hydrogen) atoms. The normalized spacial score (nSPS) is 10.1. The molecule has 0 saturated carbocycles. The highest BCUT2D eigenvalue weighted by Gasteiger charge is 1.97. The molecule has 0 aromatic heterocycles. The lowest BCUT2D eigenvalue weighted by molar-refractivity contribution is 0.814. The Hall–Kier alpha value is 0.390. The van der Waals surface area contributed by atoms with Crippen molar-refractivity contribution in [2.75, 3.05) is 7.05 Å². The SMILES string of the molecule is CNCc1ccc(I)cc1Br. The fourth-order valence-electron chi connectivity index (χ4n) is 0.855. The molecule has 0 spiro atoms. The molecule has 0 amide bonds. The number of rotatable bonds is 2. The molecule has 0 unspecified atom stereocenters. The van der Waals surface area contributed by atoms with Gasteiger partial charge in [0.2, 0.25) is 0 Å². The van der Waals surface area contributed by atoms with Crippen LogP contribution in [-0.2, 0) is 6.54 Å². The molecule has 1 rings (SSSR count). The minimum absolute atomic E-state index is 0.914. The van der Waals surface area contributed by atoms with Crippen LogP contribution in [-0.4, -0.2) is 7.05 Å². The standard InChI is InChI=1S/C8H9BrIN/c1-11-5-6-2-3-7(10)4-8(6)9/h2-4,11H,5H2,1H3. The highest BCUT2D eigenvalue weighted by molar-refractivity contribution is 14.1. The van der Waals surface area contributed by atoms with Crippen molar-refractivity contribution in [1.29, 1.82) is 0 Å². The number of benzene rings is 1. The molecule has 0 atom stereocenters. The largest absolute Gasteiger partial charge is 0.316 e. The summed E-state index contributed by atoms with van der Waals surface area (Å²) in [6.45, 7) is 0.914. The van der Waals surface area contributed by atoms with Crippen LogP contribution < -0.4 is 5.32 Å². The van der Waals surface area contributed by atoms with Crippen LogP contribution in [0.2, 0.25) is 0 Å². The summed E-state index contributed by atoms with van der Waals surface area (Å²) in [5.74, 6) is 0. The van der Waals surface area contributed by atoms with Gasteiger partial charge in [-0.25, -0.2) is 0 Å². The molecule has 0 aliphatic rings. The molecule has 0 bridgehead atoms. The second-order valence-electron chi connectivity index (χ2n) is 2.27. The number of hydrogen-bond acceptors (Lipinski definition) is 1. The first-order valence-electron chi connectivity index (χ1n) is 3.32. The topological polar surface area (TPSA) is 12.0 Å². The Labute approximate surface area is 88.8 Å². The summed E-state index contributed by atoms with van der Waals surface area (Å²) in [4.78, 5) is 0. The number of hydrogen-bond donors (Lipinski definition) is 1. The van der Waals surface area contributed by atoms with Crippen molar-refractivity contribution in [2.45, 2.75) is 6.54 Å². The number of halogens is 2. The quantitative estimate of drug-likeness (QED) is 0.824. The maximum absolute atomic E-state index is 3.50. The number of nitrogens with one attached hydrogen (secondary N) is 1. The molecule has 1 aromatic carbocycles. The molecule has 0 saturated heterocycles. The van der Waals surface area contributed by atoms with E-state index in [-0.39, 0.29) is 0 Å². The van der Waals surface area contributed by atoms with Crippen molar-refractivity contribution < 1.29 is 0 Å². The van der Waals surface area contributed by atoms with Gasteiger partial charge in [-0.3, -0.25) is 0 Å². The minimum atomic E-state index is 0.914. The molecule has 0 heterocycles. The van der Waals surface area contributed by atoms with Crippen LogP contribution >= 0.6 is 38.5 Å². The van der Waals surface area contributed by atoms with Gasteiger partial charge in [0.25, 0.3) is 0 Å². The van der Waals surface area contributed by atoms with Gasteiger partial charge in [-0.1, -0.05) is 22.0 Å². The van der Waals surface area contributed by atoms with E-state index < -0.39 is 0 Å². The third kappa shape index (κ3) is 2.72. The molecule has 0 fully saturated rings. The van der Waals surface area contributed by atoms with E-state index in [0.717, 1.165) is 6.54 Å². The second-order valence-corrected chi connectivity index (χ2v) is 4.37. The fraction of sp³-hybridized carbons (Fsp3) is 0.250. The van der Waals surface area contributed by atoms with Crippen LogP contribution in [0.3, 0.4) is 0 Å². The summed E-state index contributed by atoms with van der Waals surface area (Å²) < 4.78 is 2.44. The van der Waals surface area contributed by atoms with E-state index in [1.807, 2.05) is 7.05 Å². The van der Waals surface area contributed by atoms with Gasteiger partial charge in [-0.2, -0.15) is 0 Å². The monoisotopic (exact) mass is 325 g/mol. The molecule has 0 radical (unpaired) electrons. The highest BCUT2D eigenvalue weighted by Crippen LogP contribution is 2.19. The Morgan fingerprint density at radius 1 is 1.55 bits per heavy atom. The summed E-state index contributed by atoms with van der Waals surface area (Å²) >= 11 is 5.80.